The first-order valence-electron chi connectivity index (χ1n) is 10.3. The molecule has 1 aliphatic heterocycles. The lowest BCUT2D eigenvalue weighted by atomic mass is 9.91. The zero-order valence-electron chi connectivity index (χ0n) is 17.5. The molecule has 2 amide bonds. The molecule has 2 aromatic rings. The molecule has 7 heteroatoms. The van der Waals surface area contributed by atoms with Crippen molar-refractivity contribution in [1.82, 2.24) is 5.32 Å². The van der Waals surface area contributed by atoms with Gasteiger partial charge in [0.15, 0.2) is 0 Å². The second-order valence-electron chi connectivity index (χ2n) is 8.17. The van der Waals surface area contributed by atoms with E-state index in [1.54, 1.807) is 12.1 Å². The van der Waals surface area contributed by atoms with Crippen molar-refractivity contribution in [2.24, 2.45) is 11.7 Å². The largest absolute Gasteiger partial charge is 0.508 e. The van der Waals surface area contributed by atoms with Gasteiger partial charge in [-0.25, -0.2) is 9.69 Å². The number of benzene rings is 2. The van der Waals surface area contributed by atoms with Gasteiger partial charge in [0, 0.05) is 6.07 Å². The Hall–Kier alpha value is -3.06. The molecule has 1 aliphatic rings. The van der Waals surface area contributed by atoms with Crippen LogP contribution in [0.15, 0.2) is 36.4 Å². The topological polar surface area (TPSA) is 123 Å². The van der Waals surface area contributed by atoms with Crippen molar-refractivity contribution < 1.29 is 15.0 Å². The fraction of sp³-hybridized carbons (Fsp3) is 0.391. The van der Waals surface area contributed by atoms with Crippen LogP contribution in [0, 0.1) is 11.3 Å². The molecule has 0 atom stereocenters. The number of hydrogen-bond donors (Lipinski definition) is 5. The van der Waals surface area contributed by atoms with Crippen LogP contribution in [0.2, 0.25) is 0 Å². The third-order valence-electron chi connectivity index (χ3n) is 5.64. The number of amides is 2. The van der Waals surface area contributed by atoms with Crippen molar-refractivity contribution in [1.29, 1.82) is 5.41 Å². The molecule has 0 bridgehead atoms. The third kappa shape index (κ3) is 4.74. The number of amidine groups is 1. The first kappa shape index (κ1) is 21.6. The van der Waals surface area contributed by atoms with Crippen LogP contribution in [-0.4, -0.2) is 35.2 Å². The number of phenolic OH excluding ortho intramolecular Hbond substituents is 2. The van der Waals surface area contributed by atoms with Gasteiger partial charge >= 0.3 is 6.03 Å². The Morgan fingerprint density at radius 1 is 1.17 bits per heavy atom. The summed E-state index contributed by atoms with van der Waals surface area (Å²) in [6.45, 7) is 5.88. The van der Waals surface area contributed by atoms with E-state index < -0.39 is 6.03 Å². The first-order valence-corrected chi connectivity index (χ1v) is 10.3. The van der Waals surface area contributed by atoms with Crippen LogP contribution in [0.5, 0.6) is 11.5 Å². The van der Waals surface area contributed by atoms with E-state index in [1.807, 2.05) is 26.0 Å². The summed E-state index contributed by atoms with van der Waals surface area (Å²) in [5.41, 5.74) is 7.93. The molecule has 0 radical (unpaired) electrons. The molecular formula is C23H30N4O3. The van der Waals surface area contributed by atoms with E-state index >= 15 is 0 Å². The number of nitrogens with one attached hydrogen (secondary N) is 2. The fourth-order valence-corrected chi connectivity index (χ4v) is 3.93. The van der Waals surface area contributed by atoms with Gasteiger partial charge in [-0.05, 0) is 73.5 Å². The highest BCUT2D eigenvalue weighted by atomic mass is 16.3. The first-order chi connectivity index (χ1) is 14.3. The van der Waals surface area contributed by atoms with Crippen molar-refractivity contribution in [2.75, 3.05) is 18.0 Å². The molecule has 0 spiro atoms. The molecule has 0 aliphatic carbocycles. The van der Waals surface area contributed by atoms with Crippen molar-refractivity contribution in [3.8, 4) is 11.5 Å². The number of urea groups is 1. The minimum absolute atomic E-state index is 0.0200. The average molecular weight is 411 g/mol. The van der Waals surface area contributed by atoms with Crippen molar-refractivity contribution in [3.05, 3.63) is 53.1 Å². The summed E-state index contributed by atoms with van der Waals surface area (Å²) in [7, 11) is 0. The predicted molar refractivity (Wildman–Crippen MR) is 118 cm³/mol. The van der Waals surface area contributed by atoms with Crippen LogP contribution in [0.25, 0.3) is 0 Å². The highest BCUT2D eigenvalue weighted by Gasteiger charge is 2.24. The van der Waals surface area contributed by atoms with Gasteiger partial charge in [-0.3, -0.25) is 5.41 Å². The number of nitrogens with two attached hydrogens (primary N) is 1. The van der Waals surface area contributed by atoms with Gasteiger partial charge in [-0.1, -0.05) is 26.0 Å². The van der Waals surface area contributed by atoms with Crippen LogP contribution in [-0.2, 0) is 6.42 Å². The summed E-state index contributed by atoms with van der Waals surface area (Å²) in [5.74, 6) is 0.0510. The monoisotopic (exact) mass is 410 g/mol. The van der Waals surface area contributed by atoms with Crippen molar-refractivity contribution in [2.45, 2.75) is 39.0 Å². The number of anilines is 1. The molecular weight excluding hydrogens is 380 g/mol. The van der Waals surface area contributed by atoms with E-state index in [-0.39, 0.29) is 28.8 Å². The average Bonchev–Trinajstić information content (AvgIpc) is 2.69. The molecule has 1 saturated heterocycles. The fourth-order valence-electron chi connectivity index (χ4n) is 3.93. The maximum Gasteiger partial charge on any atom is 0.325 e. The Morgan fingerprint density at radius 3 is 2.37 bits per heavy atom. The van der Waals surface area contributed by atoms with Gasteiger partial charge < -0.3 is 21.3 Å². The molecule has 2 aromatic carbocycles. The molecule has 3 rings (SSSR count). The molecule has 0 saturated carbocycles. The lowest BCUT2D eigenvalue weighted by Crippen LogP contribution is -2.41. The van der Waals surface area contributed by atoms with E-state index in [2.05, 4.69) is 5.32 Å². The number of primary amides is 1. The molecule has 0 unspecified atom stereocenters. The Balaban J connectivity index is 1.86. The zero-order valence-corrected chi connectivity index (χ0v) is 17.5. The zero-order chi connectivity index (χ0) is 21.8. The van der Waals surface area contributed by atoms with Gasteiger partial charge in [0.2, 0.25) is 0 Å². The van der Waals surface area contributed by atoms with E-state index in [1.165, 1.54) is 17.7 Å². The summed E-state index contributed by atoms with van der Waals surface area (Å²) in [5, 5.41) is 32.3. The van der Waals surface area contributed by atoms with Crippen LogP contribution < -0.4 is 16.0 Å². The Bertz CT molecular complexity index is 919. The van der Waals surface area contributed by atoms with E-state index in [4.69, 9.17) is 11.1 Å². The molecule has 7 nitrogen and oxygen atoms in total. The van der Waals surface area contributed by atoms with Crippen LogP contribution in [0.4, 0.5) is 10.5 Å². The van der Waals surface area contributed by atoms with E-state index in [0.717, 1.165) is 37.3 Å². The number of rotatable bonds is 5. The summed E-state index contributed by atoms with van der Waals surface area (Å²) >= 11 is 0. The highest BCUT2D eigenvalue weighted by molar-refractivity contribution is 6.22. The van der Waals surface area contributed by atoms with Crippen LogP contribution >= 0.6 is 0 Å². The predicted octanol–water partition coefficient (Wildman–Crippen LogP) is 3.67. The maximum atomic E-state index is 12.2. The summed E-state index contributed by atoms with van der Waals surface area (Å²) in [4.78, 5) is 13.2. The number of piperidine rings is 1. The maximum absolute atomic E-state index is 12.2. The van der Waals surface area contributed by atoms with Gasteiger partial charge in [0.1, 0.15) is 17.3 Å². The van der Waals surface area contributed by atoms with Crippen molar-refractivity contribution in [3.63, 3.8) is 0 Å². The summed E-state index contributed by atoms with van der Waals surface area (Å²) in [6, 6.07) is 9.37. The van der Waals surface area contributed by atoms with E-state index in [0.29, 0.717) is 17.2 Å². The third-order valence-corrected chi connectivity index (χ3v) is 5.64. The Morgan fingerprint density at radius 2 is 1.80 bits per heavy atom. The summed E-state index contributed by atoms with van der Waals surface area (Å²) < 4.78 is 0. The SMILES string of the molecule is CC(C)c1cc(C(=N)N(C(N)=O)c2ccc(CC3CCNCC3)cc2)c(O)cc1O. The van der Waals surface area contributed by atoms with Crippen LogP contribution in [0.1, 0.15) is 49.3 Å². The molecule has 30 heavy (non-hydrogen) atoms. The minimum atomic E-state index is -0.815. The standard InChI is InChI=1S/C23H30N4O3/c1-14(2)18-12-19(21(29)13-20(18)28)22(24)27(23(25)30)17-5-3-15(4-6-17)11-16-7-9-26-10-8-16/h3-6,12-14,16,24,26,28-29H,7-11H2,1-2H3,(H2,25,30). The van der Waals surface area contributed by atoms with E-state index in [9.17, 15) is 15.0 Å². The number of carbonyl (C=O) groups excluding carboxylic acids is 1. The Kier molecular flexibility index (Phi) is 6.62. The van der Waals surface area contributed by atoms with Gasteiger partial charge in [0.25, 0.3) is 0 Å². The van der Waals surface area contributed by atoms with Crippen LogP contribution in [0.3, 0.4) is 0 Å². The highest BCUT2D eigenvalue weighted by Crippen LogP contribution is 2.33. The van der Waals surface area contributed by atoms with Gasteiger partial charge in [-0.15, -0.1) is 0 Å². The Labute approximate surface area is 177 Å². The van der Waals surface area contributed by atoms with Gasteiger partial charge in [0.05, 0.1) is 11.3 Å². The second-order valence-corrected chi connectivity index (χ2v) is 8.17. The van der Waals surface area contributed by atoms with Gasteiger partial charge in [-0.2, -0.15) is 0 Å². The molecule has 160 valence electrons. The second kappa shape index (κ2) is 9.17. The molecule has 6 N–H and O–H groups in total. The molecule has 1 fully saturated rings. The lowest BCUT2D eigenvalue weighted by molar-refractivity contribution is 0.256. The summed E-state index contributed by atoms with van der Waals surface area (Å²) in [6.07, 6.45) is 3.28. The normalized spacial score (nSPS) is 14.6. The number of carbonyl (C=O) groups is 1. The number of nitrogens with zero attached hydrogens (tertiary/aromatic N) is 1. The molecule has 1 heterocycles. The molecule has 0 aromatic heterocycles. The smallest absolute Gasteiger partial charge is 0.325 e. The quantitative estimate of drug-likeness (QED) is 0.381. The number of aromatic hydroxyl groups is 2. The number of hydrogen-bond acceptors (Lipinski definition) is 5. The lowest BCUT2D eigenvalue weighted by Gasteiger charge is -2.24. The number of phenols is 2. The minimum Gasteiger partial charge on any atom is -0.508 e. The van der Waals surface area contributed by atoms with Crippen molar-refractivity contribution >= 4 is 17.6 Å².